The maximum Gasteiger partial charge on any atom is 0.0704 e. The molecule has 3 heteroatoms. The molecule has 0 radical (unpaired) electrons. The lowest BCUT2D eigenvalue weighted by Crippen LogP contribution is -2.09. The van der Waals surface area contributed by atoms with Crippen molar-refractivity contribution in [2.75, 3.05) is 19.1 Å². The van der Waals surface area contributed by atoms with Crippen LogP contribution in [-0.2, 0) is 4.74 Å². The van der Waals surface area contributed by atoms with Crippen molar-refractivity contribution >= 4 is 23.2 Å². The second kappa shape index (κ2) is 5.67. The molecule has 8 heavy (non-hydrogen) atoms. The van der Waals surface area contributed by atoms with Crippen molar-refractivity contribution < 1.29 is 4.74 Å². The SMILES string of the molecule is CCOCC(Cl)CCl. The van der Waals surface area contributed by atoms with Crippen LogP contribution in [0.3, 0.4) is 0 Å². The Morgan fingerprint density at radius 1 is 1.62 bits per heavy atom. The smallest absolute Gasteiger partial charge is 0.0704 e. The van der Waals surface area contributed by atoms with Crippen LogP contribution in [0.4, 0.5) is 0 Å². The van der Waals surface area contributed by atoms with E-state index in [4.69, 9.17) is 27.9 Å². The molecule has 0 spiro atoms. The molecular weight excluding hydrogens is 147 g/mol. The molecule has 0 bridgehead atoms. The van der Waals surface area contributed by atoms with Gasteiger partial charge >= 0.3 is 0 Å². The van der Waals surface area contributed by atoms with Crippen LogP contribution in [0.15, 0.2) is 0 Å². The highest BCUT2D eigenvalue weighted by molar-refractivity contribution is 6.28. The van der Waals surface area contributed by atoms with Crippen molar-refractivity contribution in [3.63, 3.8) is 0 Å². The van der Waals surface area contributed by atoms with Gasteiger partial charge in [-0.05, 0) is 6.92 Å². The quantitative estimate of drug-likeness (QED) is 0.566. The van der Waals surface area contributed by atoms with Crippen LogP contribution < -0.4 is 0 Å². The zero-order valence-corrected chi connectivity index (χ0v) is 6.37. The number of halogens is 2. The van der Waals surface area contributed by atoms with Gasteiger partial charge in [-0.15, -0.1) is 23.2 Å². The number of hydrogen-bond donors (Lipinski definition) is 0. The van der Waals surface area contributed by atoms with Gasteiger partial charge in [0.1, 0.15) is 0 Å². The molecule has 1 nitrogen and oxygen atoms in total. The number of alkyl halides is 2. The molecule has 50 valence electrons. The van der Waals surface area contributed by atoms with Crippen LogP contribution in [-0.4, -0.2) is 24.5 Å². The third-order valence-electron chi connectivity index (χ3n) is 0.670. The normalized spacial score (nSPS) is 13.9. The van der Waals surface area contributed by atoms with Gasteiger partial charge in [-0.2, -0.15) is 0 Å². The predicted octanol–water partition coefficient (Wildman–Crippen LogP) is 1.87. The topological polar surface area (TPSA) is 9.23 Å². The Bertz CT molecular complexity index is 49.7. The van der Waals surface area contributed by atoms with Gasteiger partial charge in [-0.1, -0.05) is 0 Å². The summed E-state index contributed by atoms with van der Waals surface area (Å²) < 4.78 is 4.97. The lowest BCUT2D eigenvalue weighted by atomic mass is 10.5. The second-order valence-electron chi connectivity index (χ2n) is 1.41. The van der Waals surface area contributed by atoms with Gasteiger partial charge in [0, 0.05) is 12.5 Å². The van der Waals surface area contributed by atoms with Crippen molar-refractivity contribution in [3.05, 3.63) is 0 Å². The van der Waals surface area contributed by atoms with E-state index in [2.05, 4.69) is 0 Å². The van der Waals surface area contributed by atoms with E-state index in [-0.39, 0.29) is 5.38 Å². The van der Waals surface area contributed by atoms with Crippen LogP contribution in [0.1, 0.15) is 6.92 Å². The lowest BCUT2D eigenvalue weighted by molar-refractivity contribution is 0.151. The molecule has 0 N–H and O–H groups in total. The molecule has 1 unspecified atom stereocenters. The molecule has 0 rings (SSSR count). The second-order valence-corrected chi connectivity index (χ2v) is 2.34. The van der Waals surface area contributed by atoms with Crippen molar-refractivity contribution in [2.24, 2.45) is 0 Å². The summed E-state index contributed by atoms with van der Waals surface area (Å²) in [4.78, 5) is 0. The first-order chi connectivity index (χ1) is 3.81. The molecule has 0 aliphatic heterocycles. The third-order valence-corrected chi connectivity index (χ3v) is 1.48. The van der Waals surface area contributed by atoms with Crippen molar-refractivity contribution in [2.45, 2.75) is 12.3 Å². The first kappa shape index (κ1) is 8.54. The van der Waals surface area contributed by atoms with Crippen molar-refractivity contribution in [1.82, 2.24) is 0 Å². The predicted molar refractivity (Wildman–Crippen MR) is 36.9 cm³/mol. The lowest BCUT2D eigenvalue weighted by Gasteiger charge is -2.02. The van der Waals surface area contributed by atoms with Crippen LogP contribution in [0.25, 0.3) is 0 Å². The van der Waals surface area contributed by atoms with E-state index >= 15 is 0 Å². The summed E-state index contributed by atoms with van der Waals surface area (Å²) in [5, 5.41) is -0.0309. The zero-order valence-electron chi connectivity index (χ0n) is 4.86. The summed E-state index contributed by atoms with van der Waals surface area (Å²) in [6.07, 6.45) is 0. The Morgan fingerprint density at radius 3 is 2.62 bits per heavy atom. The van der Waals surface area contributed by atoms with Crippen molar-refractivity contribution in [3.8, 4) is 0 Å². The molecule has 0 saturated heterocycles. The van der Waals surface area contributed by atoms with E-state index in [0.717, 1.165) is 0 Å². The van der Waals surface area contributed by atoms with E-state index in [1.165, 1.54) is 0 Å². The fraction of sp³-hybridized carbons (Fsp3) is 1.00. The maximum absolute atomic E-state index is 5.59. The van der Waals surface area contributed by atoms with Crippen LogP contribution in [0.5, 0.6) is 0 Å². The summed E-state index contributed by atoms with van der Waals surface area (Å²) in [5.41, 5.74) is 0. The number of rotatable bonds is 4. The summed E-state index contributed by atoms with van der Waals surface area (Å²) in [7, 11) is 0. The molecule has 0 aromatic carbocycles. The van der Waals surface area contributed by atoms with Gasteiger partial charge in [0.05, 0.1) is 12.0 Å². The molecule has 0 aliphatic carbocycles. The summed E-state index contributed by atoms with van der Waals surface area (Å²) in [5.74, 6) is 0.460. The fourth-order valence-electron chi connectivity index (χ4n) is 0.290. The van der Waals surface area contributed by atoms with E-state index < -0.39 is 0 Å². The minimum absolute atomic E-state index is 0.0309. The molecule has 0 heterocycles. The Morgan fingerprint density at radius 2 is 2.25 bits per heavy atom. The Kier molecular flexibility index (Phi) is 6.06. The largest absolute Gasteiger partial charge is 0.380 e. The third kappa shape index (κ3) is 4.69. The Balaban J connectivity index is 2.86. The highest BCUT2D eigenvalue weighted by Gasteiger charge is 1.99. The molecule has 0 amide bonds. The molecular formula is C5H10Cl2O. The highest BCUT2D eigenvalue weighted by Crippen LogP contribution is 1.98. The van der Waals surface area contributed by atoms with Gasteiger partial charge in [-0.25, -0.2) is 0 Å². The van der Waals surface area contributed by atoms with Gasteiger partial charge in [0.2, 0.25) is 0 Å². The summed E-state index contributed by atoms with van der Waals surface area (Å²) in [6, 6.07) is 0. The molecule has 0 saturated carbocycles. The van der Waals surface area contributed by atoms with Crippen LogP contribution >= 0.6 is 23.2 Å². The summed E-state index contributed by atoms with van der Waals surface area (Å²) in [6.45, 7) is 3.19. The van der Waals surface area contributed by atoms with Crippen molar-refractivity contribution in [1.29, 1.82) is 0 Å². The molecule has 0 aliphatic rings. The van der Waals surface area contributed by atoms with E-state index in [0.29, 0.717) is 19.1 Å². The first-order valence-electron chi connectivity index (χ1n) is 2.59. The molecule has 0 fully saturated rings. The highest BCUT2D eigenvalue weighted by atomic mass is 35.5. The minimum atomic E-state index is -0.0309. The number of hydrogen-bond acceptors (Lipinski definition) is 1. The molecule has 0 aromatic heterocycles. The van der Waals surface area contributed by atoms with Gasteiger partial charge < -0.3 is 4.74 Å². The first-order valence-corrected chi connectivity index (χ1v) is 3.56. The Hall–Kier alpha value is 0.540. The van der Waals surface area contributed by atoms with Crippen LogP contribution in [0, 0.1) is 0 Å². The van der Waals surface area contributed by atoms with E-state index in [1.807, 2.05) is 6.92 Å². The summed E-state index contributed by atoms with van der Waals surface area (Å²) >= 11 is 11.0. The average molecular weight is 157 g/mol. The number of ether oxygens (including phenoxy) is 1. The molecule has 0 aromatic rings. The molecule has 1 atom stereocenters. The van der Waals surface area contributed by atoms with Gasteiger partial charge in [0.25, 0.3) is 0 Å². The fourth-order valence-corrected chi connectivity index (χ4v) is 0.468. The minimum Gasteiger partial charge on any atom is -0.380 e. The maximum atomic E-state index is 5.59. The standard InChI is InChI=1S/C5H10Cl2O/c1-2-8-4-5(7)3-6/h5H,2-4H2,1H3. The van der Waals surface area contributed by atoms with E-state index in [1.54, 1.807) is 0 Å². The van der Waals surface area contributed by atoms with Gasteiger partial charge in [0.15, 0.2) is 0 Å². The monoisotopic (exact) mass is 156 g/mol. The zero-order chi connectivity index (χ0) is 6.41. The average Bonchev–Trinajstić information content (AvgIpc) is 1.83. The van der Waals surface area contributed by atoms with Crippen LogP contribution in [0.2, 0.25) is 0 Å². The van der Waals surface area contributed by atoms with Gasteiger partial charge in [-0.3, -0.25) is 0 Å². The van der Waals surface area contributed by atoms with E-state index in [9.17, 15) is 0 Å². The Labute approximate surface area is 59.9 Å².